The van der Waals surface area contributed by atoms with Gasteiger partial charge in [0.15, 0.2) is 0 Å². The lowest BCUT2D eigenvalue weighted by Gasteiger charge is -1.89. The number of benzene rings is 1. The molecule has 0 saturated heterocycles. The molecule has 14 heavy (non-hydrogen) atoms. The summed E-state index contributed by atoms with van der Waals surface area (Å²) in [5, 5.41) is 3.02. The van der Waals surface area contributed by atoms with Gasteiger partial charge in [-0.15, -0.1) is 0 Å². The Labute approximate surface area is 86.3 Å². The van der Waals surface area contributed by atoms with Crippen molar-refractivity contribution in [1.82, 2.24) is 5.32 Å². The molecule has 0 atom stereocenters. The smallest absolute Gasteiger partial charge is 0.150 e. The molecule has 1 N–H and O–H groups in total. The average molecular weight is 193 g/mol. The standard InChI is InChI=1S/C8H8O.C4H11N/c1-7-3-2-4-8(5-7)6-9;1-3-4-5-2/h2-6H,1H3;5H,3-4H2,1-2H3. The Hall–Kier alpha value is -1.15. The zero-order valence-corrected chi connectivity index (χ0v) is 9.21. The first-order chi connectivity index (χ1) is 6.74. The fourth-order valence-corrected chi connectivity index (χ4v) is 0.993. The van der Waals surface area contributed by atoms with Crippen LogP contribution < -0.4 is 5.32 Å². The van der Waals surface area contributed by atoms with Crippen LogP contribution in [0.1, 0.15) is 29.3 Å². The number of carbonyl (C=O) groups excluding carboxylic acids is 1. The van der Waals surface area contributed by atoms with E-state index in [1.54, 1.807) is 6.07 Å². The highest BCUT2D eigenvalue weighted by Crippen LogP contribution is 1.99. The summed E-state index contributed by atoms with van der Waals surface area (Å²) in [7, 11) is 1.96. The molecule has 0 saturated carbocycles. The third-order valence-corrected chi connectivity index (χ3v) is 1.68. The zero-order chi connectivity index (χ0) is 10.8. The monoisotopic (exact) mass is 193 g/mol. The second-order valence-corrected chi connectivity index (χ2v) is 3.14. The molecule has 1 aromatic rings. The maximum atomic E-state index is 10.2. The summed E-state index contributed by atoms with van der Waals surface area (Å²) < 4.78 is 0. The van der Waals surface area contributed by atoms with Gasteiger partial charge in [-0.25, -0.2) is 0 Å². The molecule has 0 unspecified atom stereocenters. The van der Waals surface area contributed by atoms with Crippen LogP contribution in [-0.2, 0) is 0 Å². The van der Waals surface area contributed by atoms with Crippen LogP contribution in [0.4, 0.5) is 0 Å². The van der Waals surface area contributed by atoms with Crippen LogP contribution in [-0.4, -0.2) is 19.9 Å². The first-order valence-corrected chi connectivity index (χ1v) is 4.91. The summed E-state index contributed by atoms with van der Waals surface area (Å²) in [6.45, 7) is 5.25. The lowest BCUT2D eigenvalue weighted by Crippen LogP contribution is -2.04. The molecule has 2 nitrogen and oxygen atoms in total. The fraction of sp³-hybridized carbons (Fsp3) is 0.417. The van der Waals surface area contributed by atoms with Gasteiger partial charge < -0.3 is 5.32 Å². The van der Waals surface area contributed by atoms with E-state index >= 15 is 0 Å². The van der Waals surface area contributed by atoms with Gasteiger partial charge in [0.2, 0.25) is 0 Å². The van der Waals surface area contributed by atoms with Gasteiger partial charge in [-0.3, -0.25) is 4.79 Å². The molecule has 0 aliphatic carbocycles. The van der Waals surface area contributed by atoms with E-state index in [9.17, 15) is 4.79 Å². The lowest BCUT2D eigenvalue weighted by molar-refractivity contribution is 0.112. The van der Waals surface area contributed by atoms with Crippen molar-refractivity contribution in [2.75, 3.05) is 13.6 Å². The van der Waals surface area contributed by atoms with Gasteiger partial charge in [-0.05, 0) is 33.0 Å². The van der Waals surface area contributed by atoms with Crippen LogP contribution >= 0.6 is 0 Å². The summed E-state index contributed by atoms with van der Waals surface area (Å²) in [5.74, 6) is 0. The topological polar surface area (TPSA) is 29.1 Å². The average Bonchev–Trinajstić information content (AvgIpc) is 2.20. The summed E-state index contributed by atoms with van der Waals surface area (Å²) in [6.07, 6.45) is 2.09. The van der Waals surface area contributed by atoms with Crippen molar-refractivity contribution in [3.8, 4) is 0 Å². The van der Waals surface area contributed by atoms with E-state index in [1.165, 1.54) is 6.42 Å². The molecule has 78 valence electrons. The summed E-state index contributed by atoms with van der Waals surface area (Å²) in [6, 6.07) is 7.49. The normalized spacial score (nSPS) is 8.79. The van der Waals surface area contributed by atoms with Gasteiger partial charge in [-0.2, -0.15) is 0 Å². The number of aldehydes is 1. The second-order valence-electron chi connectivity index (χ2n) is 3.14. The van der Waals surface area contributed by atoms with E-state index < -0.39 is 0 Å². The number of hydrogen-bond acceptors (Lipinski definition) is 2. The van der Waals surface area contributed by atoms with Crippen molar-refractivity contribution in [2.24, 2.45) is 0 Å². The number of carbonyl (C=O) groups is 1. The minimum Gasteiger partial charge on any atom is -0.320 e. The predicted molar refractivity (Wildman–Crippen MR) is 60.8 cm³/mol. The molecule has 0 amide bonds. The zero-order valence-electron chi connectivity index (χ0n) is 9.21. The van der Waals surface area contributed by atoms with Crippen molar-refractivity contribution in [3.63, 3.8) is 0 Å². The van der Waals surface area contributed by atoms with Crippen LogP contribution in [0.3, 0.4) is 0 Å². The Morgan fingerprint density at radius 3 is 2.43 bits per heavy atom. The second kappa shape index (κ2) is 8.45. The van der Waals surface area contributed by atoms with Crippen molar-refractivity contribution < 1.29 is 4.79 Å². The van der Waals surface area contributed by atoms with Crippen molar-refractivity contribution in [1.29, 1.82) is 0 Å². The molecule has 0 aliphatic heterocycles. The highest BCUT2D eigenvalue weighted by atomic mass is 16.1. The van der Waals surface area contributed by atoms with E-state index in [-0.39, 0.29) is 0 Å². The van der Waals surface area contributed by atoms with Crippen molar-refractivity contribution in [2.45, 2.75) is 20.3 Å². The maximum Gasteiger partial charge on any atom is 0.150 e. The maximum absolute atomic E-state index is 10.2. The molecule has 2 heteroatoms. The van der Waals surface area contributed by atoms with Crippen LogP contribution in [0.15, 0.2) is 24.3 Å². The number of hydrogen-bond donors (Lipinski definition) is 1. The predicted octanol–water partition coefficient (Wildman–Crippen LogP) is 2.42. The van der Waals surface area contributed by atoms with Gasteiger partial charge in [0.1, 0.15) is 6.29 Å². The minimum atomic E-state index is 0.745. The van der Waals surface area contributed by atoms with Crippen molar-refractivity contribution in [3.05, 3.63) is 35.4 Å². The molecule has 1 aromatic carbocycles. The summed E-state index contributed by atoms with van der Waals surface area (Å²) in [5.41, 5.74) is 1.87. The Morgan fingerprint density at radius 1 is 1.43 bits per heavy atom. The summed E-state index contributed by atoms with van der Waals surface area (Å²) in [4.78, 5) is 10.2. The lowest BCUT2D eigenvalue weighted by atomic mass is 10.2. The van der Waals surface area contributed by atoms with Gasteiger partial charge in [0.25, 0.3) is 0 Å². The van der Waals surface area contributed by atoms with Gasteiger partial charge in [0, 0.05) is 5.56 Å². The Bertz CT molecular complexity index is 256. The van der Waals surface area contributed by atoms with Crippen LogP contribution in [0.2, 0.25) is 0 Å². The first kappa shape index (κ1) is 12.8. The fourth-order valence-electron chi connectivity index (χ4n) is 0.993. The Kier molecular flexibility index (Phi) is 7.75. The minimum absolute atomic E-state index is 0.745. The first-order valence-electron chi connectivity index (χ1n) is 4.91. The van der Waals surface area contributed by atoms with Crippen LogP contribution in [0.25, 0.3) is 0 Å². The molecular formula is C12H19NO. The van der Waals surface area contributed by atoms with Crippen LogP contribution in [0.5, 0.6) is 0 Å². The van der Waals surface area contributed by atoms with E-state index in [4.69, 9.17) is 0 Å². The highest BCUT2D eigenvalue weighted by Gasteiger charge is 1.86. The number of aryl methyl sites for hydroxylation is 1. The molecule has 0 heterocycles. The third kappa shape index (κ3) is 6.38. The van der Waals surface area contributed by atoms with Gasteiger partial charge in [-0.1, -0.05) is 30.7 Å². The van der Waals surface area contributed by atoms with Crippen LogP contribution in [0, 0.1) is 6.92 Å². The molecule has 0 spiro atoms. The SMILES string of the molecule is CCCNC.Cc1cccc(C=O)c1. The molecule has 0 aromatic heterocycles. The largest absolute Gasteiger partial charge is 0.320 e. The quantitative estimate of drug-likeness (QED) is 0.747. The van der Waals surface area contributed by atoms with Gasteiger partial charge >= 0.3 is 0 Å². The molecule has 0 aliphatic rings. The van der Waals surface area contributed by atoms with E-state index in [0.29, 0.717) is 0 Å². The molecule has 0 radical (unpaired) electrons. The molecule has 0 bridgehead atoms. The Morgan fingerprint density at radius 2 is 2.14 bits per heavy atom. The number of nitrogens with one attached hydrogen (secondary N) is 1. The van der Waals surface area contributed by atoms with Crippen molar-refractivity contribution >= 4 is 6.29 Å². The van der Waals surface area contributed by atoms with Gasteiger partial charge in [0.05, 0.1) is 0 Å². The third-order valence-electron chi connectivity index (χ3n) is 1.68. The molecule has 1 rings (SSSR count). The summed E-state index contributed by atoms with van der Waals surface area (Å²) >= 11 is 0. The van der Waals surface area contributed by atoms with E-state index in [2.05, 4.69) is 12.2 Å². The van der Waals surface area contributed by atoms with E-state index in [0.717, 1.165) is 24.0 Å². The van der Waals surface area contributed by atoms with E-state index in [1.807, 2.05) is 32.2 Å². The number of rotatable bonds is 3. The molecular weight excluding hydrogens is 174 g/mol. The Balaban J connectivity index is 0.000000292. The molecule has 0 fully saturated rings. The highest BCUT2D eigenvalue weighted by molar-refractivity contribution is 5.74.